The molecule has 0 aliphatic heterocycles. The van der Waals surface area contributed by atoms with Gasteiger partial charge in [-0.25, -0.2) is 0 Å². The standard InChI is InChI=1S/C15H25F5/c1-3-4-5-6-7-10-13(2)11-8-9-12-14(16,17)15(18,19)20/h3,13H,1,4-12H2,2H3. The Morgan fingerprint density at radius 3 is 1.95 bits per heavy atom. The first kappa shape index (κ1) is 19.4. The summed E-state index contributed by atoms with van der Waals surface area (Å²) in [5, 5.41) is 0. The van der Waals surface area contributed by atoms with E-state index in [2.05, 4.69) is 6.58 Å². The van der Waals surface area contributed by atoms with Gasteiger partial charge in [-0.05, 0) is 25.2 Å². The predicted molar refractivity (Wildman–Crippen MR) is 71.9 cm³/mol. The second-order valence-electron chi connectivity index (χ2n) is 5.48. The minimum atomic E-state index is -5.41. The van der Waals surface area contributed by atoms with E-state index in [1.54, 1.807) is 0 Å². The third kappa shape index (κ3) is 8.54. The average molecular weight is 300 g/mol. The molecule has 20 heavy (non-hydrogen) atoms. The fraction of sp³-hybridized carbons (Fsp3) is 0.867. The van der Waals surface area contributed by atoms with E-state index < -0.39 is 18.5 Å². The van der Waals surface area contributed by atoms with Crippen LogP contribution in [0.4, 0.5) is 22.0 Å². The van der Waals surface area contributed by atoms with E-state index in [1.807, 2.05) is 13.0 Å². The maximum Gasteiger partial charge on any atom is 0.453 e. The lowest BCUT2D eigenvalue weighted by Crippen LogP contribution is -2.36. The van der Waals surface area contributed by atoms with Gasteiger partial charge < -0.3 is 0 Å². The molecule has 0 N–H and O–H groups in total. The van der Waals surface area contributed by atoms with Gasteiger partial charge in [0.1, 0.15) is 0 Å². The minimum absolute atomic E-state index is 0.0761. The lowest BCUT2D eigenvalue weighted by atomic mass is 9.96. The molecule has 0 aromatic heterocycles. The van der Waals surface area contributed by atoms with Crippen molar-refractivity contribution in [2.24, 2.45) is 5.92 Å². The van der Waals surface area contributed by atoms with Crippen molar-refractivity contribution in [3.05, 3.63) is 12.7 Å². The highest BCUT2D eigenvalue weighted by molar-refractivity contribution is 4.75. The molecule has 0 heterocycles. The Morgan fingerprint density at radius 1 is 0.900 bits per heavy atom. The number of alkyl halides is 5. The van der Waals surface area contributed by atoms with E-state index in [4.69, 9.17) is 0 Å². The van der Waals surface area contributed by atoms with E-state index in [0.29, 0.717) is 12.3 Å². The van der Waals surface area contributed by atoms with Crippen LogP contribution in [0.15, 0.2) is 12.7 Å². The summed E-state index contributed by atoms with van der Waals surface area (Å²) in [6.45, 7) is 5.66. The van der Waals surface area contributed by atoms with Crippen LogP contribution in [0.25, 0.3) is 0 Å². The third-order valence-corrected chi connectivity index (χ3v) is 3.46. The zero-order valence-corrected chi connectivity index (χ0v) is 12.1. The molecule has 0 aliphatic rings. The Bertz CT molecular complexity index is 257. The Kier molecular flexibility index (Phi) is 9.06. The second-order valence-corrected chi connectivity index (χ2v) is 5.48. The molecule has 0 amide bonds. The Balaban J connectivity index is 3.62. The Morgan fingerprint density at radius 2 is 1.45 bits per heavy atom. The van der Waals surface area contributed by atoms with Crippen molar-refractivity contribution in [3.8, 4) is 0 Å². The van der Waals surface area contributed by atoms with E-state index in [0.717, 1.165) is 38.5 Å². The number of halogens is 5. The van der Waals surface area contributed by atoms with E-state index >= 15 is 0 Å². The molecule has 0 saturated heterocycles. The molecule has 1 atom stereocenters. The summed E-state index contributed by atoms with van der Waals surface area (Å²) in [4.78, 5) is 0. The molecule has 0 aromatic carbocycles. The van der Waals surface area contributed by atoms with Crippen molar-refractivity contribution in [2.45, 2.75) is 76.8 Å². The quantitative estimate of drug-likeness (QED) is 0.231. The SMILES string of the molecule is C=CCCCCCC(C)CCCCC(F)(F)C(F)(F)F. The van der Waals surface area contributed by atoms with Crippen LogP contribution < -0.4 is 0 Å². The number of hydrogen-bond donors (Lipinski definition) is 0. The number of hydrogen-bond acceptors (Lipinski definition) is 0. The van der Waals surface area contributed by atoms with E-state index in [9.17, 15) is 22.0 Å². The molecule has 0 aromatic rings. The molecule has 5 heteroatoms. The van der Waals surface area contributed by atoms with Gasteiger partial charge >= 0.3 is 12.1 Å². The fourth-order valence-corrected chi connectivity index (χ4v) is 2.08. The van der Waals surface area contributed by atoms with Crippen LogP contribution in [0.1, 0.15) is 64.7 Å². The van der Waals surface area contributed by atoms with Crippen molar-refractivity contribution in [1.82, 2.24) is 0 Å². The van der Waals surface area contributed by atoms with E-state index in [-0.39, 0.29) is 6.42 Å². The Hall–Kier alpha value is -0.610. The van der Waals surface area contributed by atoms with Crippen molar-refractivity contribution in [1.29, 1.82) is 0 Å². The molecule has 0 bridgehead atoms. The number of allylic oxidation sites excluding steroid dienone is 1. The van der Waals surface area contributed by atoms with Gasteiger partial charge in [0.25, 0.3) is 0 Å². The van der Waals surface area contributed by atoms with Gasteiger partial charge in [0.05, 0.1) is 0 Å². The number of unbranched alkanes of at least 4 members (excludes halogenated alkanes) is 4. The topological polar surface area (TPSA) is 0 Å². The van der Waals surface area contributed by atoms with Gasteiger partial charge in [-0.15, -0.1) is 6.58 Å². The molecule has 0 rings (SSSR count). The van der Waals surface area contributed by atoms with Crippen LogP contribution in [0.5, 0.6) is 0 Å². The summed E-state index contributed by atoms with van der Waals surface area (Å²) in [5.74, 6) is -4.15. The summed E-state index contributed by atoms with van der Waals surface area (Å²) in [7, 11) is 0. The highest BCUT2D eigenvalue weighted by Gasteiger charge is 2.56. The maximum atomic E-state index is 12.6. The molecule has 0 radical (unpaired) electrons. The summed E-state index contributed by atoms with van der Waals surface area (Å²) >= 11 is 0. The van der Waals surface area contributed by atoms with Crippen LogP contribution in [-0.4, -0.2) is 12.1 Å². The molecule has 120 valence electrons. The summed E-state index contributed by atoms with van der Waals surface area (Å²) in [6.07, 6.45) is 1.75. The van der Waals surface area contributed by atoms with Crippen molar-refractivity contribution >= 4 is 0 Å². The molecule has 1 unspecified atom stereocenters. The summed E-state index contributed by atoms with van der Waals surface area (Å²) < 4.78 is 61.1. The van der Waals surface area contributed by atoms with Crippen molar-refractivity contribution in [2.75, 3.05) is 0 Å². The van der Waals surface area contributed by atoms with Gasteiger partial charge in [0.15, 0.2) is 0 Å². The number of rotatable bonds is 11. The van der Waals surface area contributed by atoms with E-state index in [1.165, 1.54) is 0 Å². The monoisotopic (exact) mass is 300 g/mol. The average Bonchev–Trinajstić information content (AvgIpc) is 2.33. The molecule has 0 nitrogen and oxygen atoms in total. The second kappa shape index (κ2) is 9.35. The molecule has 0 aliphatic carbocycles. The fourth-order valence-electron chi connectivity index (χ4n) is 2.08. The largest absolute Gasteiger partial charge is 0.453 e. The van der Waals surface area contributed by atoms with Gasteiger partial charge in [-0.1, -0.05) is 45.1 Å². The summed E-state index contributed by atoms with van der Waals surface area (Å²) in [6, 6.07) is 0. The zero-order chi connectivity index (χ0) is 15.6. The van der Waals surface area contributed by atoms with Crippen LogP contribution in [0.3, 0.4) is 0 Å². The van der Waals surface area contributed by atoms with Crippen LogP contribution in [-0.2, 0) is 0 Å². The first-order valence-corrected chi connectivity index (χ1v) is 7.26. The lowest BCUT2D eigenvalue weighted by Gasteiger charge is -2.19. The van der Waals surface area contributed by atoms with Crippen LogP contribution in [0.2, 0.25) is 0 Å². The first-order valence-electron chi connectivity index (χ1n) is 7.26. The van der Waals surface area contributed by atoms with Crippen molar-refractivity contribution < 1.29 is 22.0 Å². The summed E-state index contributed by atoms with van der Waals surface area (Å²) in [5.41, 5.74) is 0. The van der Waals surface area contributed by atoms with Gasteiger partial charge in [-0.3, -0.25) is 0 Å². The molecule has 0 saturated carbocycles. The lowest BCUT2D eigenvalue weighted by molar-refractivity contribution is -0.284. The molecular formula is C15H25F5. The van der Waals surface area contributed by atoms with Gasteiger partial charge in [0.2, 0.25) is 0 Å². The first-order chi connectivity index (χ1) is 9.20. The third-order valence-electron chi connectivity index (χ3n) is 3.46. The normalized spacial score (nSPS) is 14.3. The molecular weight excluding hydrogens is 275 g/mol. The molecule has 0 fully saturated rings. The Labute approximate surface area is 118 Å². The molecule has 0 spiro atoms. The highest BCUT2D eigenvalue weighted by Crippen LogP contribution is 2.39. The van der Waals surface area contributed by atoms with Crippen LogP contribution in [0, 0.1) is 5.92 Å². The van der Waals surface area contributed by atoms with Crippen molar-refractivity contribution in [3.63, 3.8) is 0 Å². The minimum Gasteiger partial charge on any atom is -0.196 e. The zero-order valence-electron chi connectivity index (χ0n) is 12.1. The smallest absolute Gasteiger partial charge is 0.196 e. The predicted octanol–water partition coefficient (Wildman–Crippen LogP) is 6.52. The van der Waals surface area contributed by atoms with Gasteiger partial charge in [0, 0.05) is 6.42 Å². The van der Waals surface area contributed by atoms with Gasteiger partial charge in [-0.2, -0.15) is 22.0 Å². The maximum absolute atomic E-state index is 12.6. The van der Waals surface area contributed by atoms with Crippen LogP contribution >= 0.6 is 0 Å². The highest BCUT2D eigenvalue weighted by atomic mass is 19.4.